The number of nitrogens with zero attached hydrogens (tertiary/aromatic N) is 3. The first-order chi connectivity index (χ1) is 12.6. The van der Waals surface area contributed by atoms with Gasteiger partial charge in [0.1, 0.15) is 0 Å². The number of hydrogen-bond acceptors (Lipinski definition) is 4. The van der Waals surface area contributed by atoms with Gasteiger partial charge >= 0.3 is 0 Å². The van der Waals surface area contributed by atoms with Crippen LogP contribution in [0.5, 0.6) is 0 Å². The number of ether oxygens (including phenoxy) is 1. The van der Waals surface area contributed by atoms with Gasteiger partial charge in [0.25, 0.3) is 5.91 Å². The zero-order valence-electron chi connectivity index (χ0n) is 14.6. The Morgan fingerprint density at radius 2 is 1.92 bits per heavy atom. The summed E-state index contributed by atoms with van der Waals surface area (Å²) in [6.07, 6.45) is 0. The van der Waals surface area contributed by atoms with Gasteiger partial charge in [0.2, 0.25) is 0 Å². The molecule has 1 amide bonds. The second-order valence-electron chi connectivity index (χ2n) is 5.84. The second-order valence-corrected chi connectivity index (χ2v) is 6.28. The number of rotatable bonds is 6. The molecule has 1 heterocycles. The van der Waals surface area contributed by atoms with Crippen LogP contribution in [0.1, 0.15) is 27.3 Å². The monoisotopic (exact) mass is 370 g/mol. The first kappa shape index (κ1) is 18.1. The predicted octanol–water partition coefficient (Wildman–Crippen LogP) is 3.31. The van der Waals surface area contributed by atoms with Crippen LogP contribution in [-0.2, 0) is 17.9 Å². The highest BCUT2D eigenvalue weighted by atomic mass is 35.5. The number of carbonyl (C=O) groups is 1. The molecule has 6 nitrogen and oxygen atoms in total. The Labute approximate surface area is 156 Å². The molecule has 134 valence electrons. The van der Waals surface area contributed by atoms with Gasteiger partial charge in [-0.3, -0.25) is 4.79 Å². The molecule has 7 heteroatoms. The molecule has 0 saturated carbocycles. The predicted molar refractivity (Wildman–Crippen MR) is 99.4 cm³/mol. The van der Waals surface area contributed by atoms with Crippen molar-refractivity contribution in [3.05, 3.63) is 76.1 Å². The zero-order valence-corrected chi connectivity index (χ0v) is 15.3. The minimum absolute atomic E-state index is 0.270. The molecular formula is C19H19ClN4O2. The summed E-state index contributed by atoms with van der Waals surface area (Å²) >= 11 is 6.00. The van der Waals surface area contributed by atoms with Gasteiger partial charge in [-0.15, -0.1) is 5.10 Å². The van der Waals surface area contributed by atoms with Crippen molar-refractivity contribution in [3.8, 4) is 5.69 Å². The number of aryl methyl sites for hydroxylation is 1. The van der Waals surface area contributed by atoms with Gasteiger partial charge in [0, 0.05) is 18.7 Å². The highest BCUT2D eigenvalue weighted by Crippen LogP contribution is 2.14. The molecular weight excluding hydrogens is 352 g/mol. The summed E-state index contributed by atoms with van der Waals surface area (Å²) < 4.78 is 5.13. The smallest absolute Gasteiger partial charge is 0.274 e. The molecule has 0 radical (unpaired) electrons. The second kappa shape index (κ2) is 8.12. The standard InChI is InChI=1S/C19H19ClN4O2/c1-13-18(23-24(22-13)17-8-4-7-16(20)10-17)19(25)21-11-14-5-3-6-15(9-14)12-26-2/h3-10H,11-12H2,1-2H3,(H,21,25). The maximum atomic E-state index is 12.5. The summed E-state index contributed by atoms with van der Waals surface area (Å²) in [7, 11) is 1.65. The maximum absolute atomic E-state index is 12.5. The van der Waals surface area contributed by atoms with Crippen molar-refractivity contribution in [1.82, 2.24) is 20.3 Å². The van der Waals surface area contributed by atoms with Gasteiger partial charge in [-0.25, -0.2) is 0 Å². The fourth-order valence-corrected chi connectivity index (χ4v) is 2.75. The van der Waals surface area contributed by atoms with Crippen LogP contribution in [0.25, 0.3) is 5.69 Å². The van der Waals surface area contributed by atoms with E-state index in [0.717, 1.165) is 11.1 Å². The van der Waals surface area contributed by atoms with Crippen LogP contribution in [0.3, 0.4) is 0 Å². The van der Waals surface area contributed by atoms with E-state index < -0.39 is 0 Å². The largest absolute Gasteiger partial charge is 0.380 e. The third kappa shape index (κ3) is 4.28. The Kier molecular flexibility index (Phi) is 5.65. The number of aromatic nitrogens is 3. The Morgan fingerprint density at radius 3 is 2.69 bits per heavy atom. The van der Waals surface area contributed by atoms with Crippen molar-refractivity contribution in [3.63, 3.8) is 0 Å². The van der Waals surface area contributed by atoms with E-state index in [1.165, 1.54) is 4.80 Å². The summed E-state index contributed by atoms with van der Waals surface area (Å²) in [4.78, 5) is 13.9. The van der Waals surface area contributed by atoms with Crippen LogP contribution in [0.4, 0.5) is 0 Å². The average molecular weight is 371 g/mol. The lowest BCUT2D eigenvalue weighted by molar-refractivity contribution is 0.0945. The molecule has 26 heavy (non-hydrogen) atoms. The minimum atomic E-state index is -0.270. The lowest BCUT2D eigenvalue weighted by Crippen LogP contribution is -2.24. The SMILES string of the molecule is COCc1cccc(CNC(=O)c2nn(-c3cccc(Cl)c3)nc2C)c1. The summed E-state index contributed by atoms with van der Waals surface area (Å²) in [5, 5.41) is 12.1. The summed E-state index contributed by atoms with van der Waals surface area (Å²) in [5.41, 5.74) is 3.59. The van der Waals surface area contributed by atoms with E-state index >= 15 is 0 Å². The van der Waals surface area contributed by atoms with Crippen LogP contribution in [0.2, 0.25) is 5.02 Å². The summed E-state index contributed by atoms with van der Waals surface area (Å²) in [6.45, 7) is 2.69. The Balaban J connectivity index is 1.71. The van der Waals surface area contributed by atoms with Crippen molar-refractivity contribution in [2.75, 3.05) is 7.11 Å². The fraction of sp³-hybridized carbons (Fsp3) is 0.211. The van der Waals surface area contributed by atoms with Crippen LogP contribution >= 0.6 is 11.6 Å². The molecule has 3 aromatic rings. The summed E-state index contributed by atoms with van der Waals surface area (Å²) in [5.74, 6) is -0.270. The number of benzene rings is 2. The number of hydrogen-bond donors (Lipinski definition) is 1. The zero-order chi connectivity index (χ0) is 18.5. The fourth-order valence-electron chi connectivity index (χ4n) is 2.57. The van der Waals surface area contributed by atoms with Crippen LogP contribution in [0.15, 0.2) is 48.5 Å². The normalized spacial score (nSPS) is 10.7. The van der Waals surface area contributed by atoms with Crippen LogP contribution < -0.4 is 5.32 Å². The van der Waals surface area contributed by atoms with E-state index in [0.29, 0.717) is 29.6 Å². The average Bonchev–Trinajstić information content (AvgIpc) is 3.02. The lowest BCUT2D eigenvalue weighted by Gasteiger charge is -2.06. The minimum Gasteiger partial charge on any atom is -0.380 e. The van der Waals surface area contributed by atoms with Crippen LogP contribution in [0, 0.1) is 6.92 Å². The molecule has 0 aliphatic heterocycles. The Bertz CT molecular complexity index is 923. The maximum Gasteiger partial charge on any atom is 0.274 e. The van der Waals surface area contributed by atoms with Crippen molar-refractivity contribution in [2.45, 2.75) is 20.1 Å². The van der Waals surface area contributed by atoms with E-state index in [2.05, 4.69) is 15.5 Å². The third-order valence-corrected chi connectivity index (χ3v) is 4.03. The van der Waals surface area contributed by atoms with E-state index in [4.69, 9.17) is 16.3 Å². The van der Waals surface area contributed by atoms with E-state index in [-0.39, 0.29) is 11.6 Å². The lowest BCUT2D eigenvalue weighted by atomic mass is 10.1. The molecule has 0 atom stereocenters. The molecule has 1 N–H and O–H groups in total. The van der Waals surface area contributed by atoms with Gasteiger partial charge in [0.05, 0.1) is 18.0 Å². The van der Waals surface area contributed by atoms with E-state index in [1.54, 1.807) is 26.2 Å². The number of halogens is 1. The molecule has 0 saturated heterocycles. The Morgan fingerprint density at radius 1 is 1.15 bits per heavy atom. The van der Waals surface area contributed by atoms with Gasteiger partial charge in [-0.05, 0) is 36.2 Å². The van der Waals surface area contributed by atoms with Gasteiger partial charge in [-0.2, -0.15) is 9.90 Å². The molecule has 2 aromatic carbocycles. The number of amides is 1. The summed E-state index contributed by atoms with van der Waals surface area (Å²) in [6, 6.07) is 15.0. The Hall–Kier alpha value is -2.70. The van der Waals surface area contributed by atoms with Crippen LogP contribution in [-0.4, -0.2) is 28.0 Å². The highest BCUT2D eigenvalue weighted by molar-refractivity contribution is 6.30. The van der Waals surface area contributed by atoms with Gasteiger partial charge in [-0.1, -0.05) is 41.9 Å². The molecule has 1 aromatic heterocycles. The van der Waals surface area contributed by atoms with Gasteiger partial charge < -0.3 is 10.1 Å². The quantitative estimate of drug-likeness (QED) is 0.722. The van der Waals surface area contributed by atoms with Crippen molar-refractivity contribution in [2.24, 2.45) is 0 Å². The molecule has 3 rings (SSSR count). The third-order valence-electron chi connectivity index (χ3n) is 3.79. The van der Waals surface area contributed by atoms with Crippen molar-refractivity contribution < 1.29 is 9.53 Å². The molecule has 0 bridgehead atoms. The van der Waals surface area contributed by atoms with E-state index in [9.17, 15) is 4.79 Å². The number of carbonyl (C=O) groups excluding carboxylic acids is 1. The topological polar surface area (TPSA) is 69.0 Å². The first-order valence-corrected chi connectivity index (χ1v) is 8.49. The first-order valence-electron chi connectivity index (χ1n) is 8.11. The van der Waals surface area contributed by atoms with Gasteiger partial charge in [0.15, 0.2) is 5.69 Å². The number of methoxy groups -OCH3 is 1. The number of nitrogens with one attached hydrogen (secondary N) is 1. The molecule has 0 aliphatic rings. The molecule has 0 spiro atoms. The molecule has 0 fully saturated rings. The van der Waals surface area contributed by atoms with Crippen molar-refractivity contribution in [1.29, 1.82) is 0 Å². The molecule has 0 unspecified atom stereocenters. The highest BCUT2D eigenvalue weighted by Gasteiger charge is 2.16. The van der Waals surface area contributed by atoms with Crippen molar-refractivity contribution >= 4 is 17.5 Å². The van der Waals surface area contributed by atoms with E-state index in [1.807, 2.05) is 36.4 Å². The molecule has 0 aliphatic carbocycles.